The Morgan fingerprint density at radius 2 is 1.94 bits per heavy atom. The Kier molecular flexibility index (Phi) is 3.23. The van der Waals surface area contributed by atoms with Gasteiger partial charge in [-0.05, 0) is 55.4 Å². The lowest BCUT2D eigenvalue weighted by Crippen LogP contribution is -2.11. The minimum Gasteiger partial charge on any atom is -0.320 e. The lowest BCUT2D eigenvalue weighted by atomic mass is 9.97. The molecule has 94 valence electrons. The molecule has 0 aliphatic heterocycles. The molecule has 0 bridgehead atoms. The highest BCUT2D eigenvalue weighted by atomic mass is 32.1. The van der Waals surface area contributed by atoms with Crippen LogP contribution in [0.2, 0.25) is 0 Å². The summed E-state index contributed by atoms with van der Waals surface area (Å²) in [7, 11) is 0. The first kappa shape index (κ1) is 11.9. The summed E-state index contributed by atoms with van der Waals surface area (Å²) < 4.78 is 0. The predicted octanol–water partition coefficient (Wildman–Crippen LogP) is 3.98. The summed E-state index contributed by atoms with van der Waals surface area (Å²) in [6.45, 7) is 2.14. The molecule has 1 atom stereocenters. The van der Waals surface area contributed by atoms with Crippen LogP contribution in [0.25, 0.3) is 0 Å². The number of aryl methyl sites for hydroxylation is 3. The van der Waals surface area contributed by atoms with E-state index in [2.05, 4.69) is 37.3 Å². The van der Waals surface area contributed by atoms with Crippen molar-refractivity contribution in [2.24, 2.45) is 5.73 Å². The van der Waals surface area contributed by atoms with Crippen LogP contribution >= 0.6 is 11.3 Å². The summed E-state index contributed by atoms with van der Waals surface area (Å²) in [6.07, 6.45) is 5.17. The van der Waals surface area contributed by atoms with E-state index in [0.717, 1.165) is 0 Å². The van der Waals surface area contributed by atoms with E-state index in [9.17, 15) is 0 Å². The van der Waals surface area contributed by atoms with Crippen LogP contribution in [0.3, 0.4) is 0 Å². The maximum Gasteiger partial charge on any atom is 0.0648 e. The number of fused-ring (bicyclic) bond motifs is 1. The van der Waals surface area contributed by atoms with Crippen molar-refractivity contribution in [2.45, 2.75) is 38.6 Å². The van der Waals surface area contributed by atoms with Crippen molar-refractivity contribution in [1.29, 1.82) is 0 Å². The van der Waals surface area contributed by atoms with Gasteiger partial charge >= 0.3 is 0 Å². The zero-order valence-corrected chi connectivity index (χ0v) is 11.6. The van der Waals surface area contributed by atoms with Crippen LogP contribution < -0.4 is 5.73 Å². The fourth-order valence-electron chi connectivity index (χ4n) is 2.76. The van der Waals surface area contributed by atoms with E-state index in [1.165, 1.54) is 41.7 Å². The minimum atomic E-state index is 0.0433. The van der Waals surface area contributed by atoms with Crippen molar-refractivity contribution in [1.82, 2.24) is 0 Å². The molecule has 1 aliphatic rings. The van der Waals surface area contributed by atoms with Gasteiger partial charge in [0.15, 0.2) is 0 Å². The van der Waals surface area contributed by atoms with Gasteiger partial charge in [-0.3, -0.25) is 0 Å². The molecule has 2 aromatic rings. The summed E-state index contributed by atoms with van der Waals surface area (Å²) in [5, 5.41) is 0. The smallest absolute Gasteiger partial charge is 0.0648 e. The molecule has 1 unspecified atom stereocenters. The molecule has 1 heterocycles. The van der Waals surface area contributed by atoms with Crippen molar-refractivity contribution in [3.05, 3.63) is 56.8 Å². The molecule has 0 spiro atoms. The van der Waals surface area contributed by atoms with Crippen LogP contribution in [0.1, 0.15) is 45.3 Å². The molecule has 0 saturated carbocycles. The Hall–Kier alpha value is -1.12. The second-order valence-electron chi connectivity index (χ2n) is 5.14. The van der Waals surface area contributed by atoms with Gasteiger partial charge < -0.3 is 5.73 Å². The monoisotopic (exact) mass is 257 g/mol. The Morgan fingerprint density at radius 3 is 2.72 bits per heavy atom. The zero-order valence-electron chi connectivity index (χ0n) is 10.8. The summed E-state index contributed by atoms with van der Waals surface area (Å²) >= 11 is 1.92. The fraction of sp³-hybridized carbons (Fsp3) is 0.375. The number of thiophene rings is 1. The Balaban J connectivity index is 1.95. The van der Waals surface area contributed by atoms with Gasteiger partial charge in [-0.2, -0.15) is 0 Å². The number of benzene rings is 1. The first-order chi connectivity index (χ1) is 8.75. The topological polar surface area (TPSA) is 26.0 Å². The third-order valence-electron chi connectivity index (χ3n) is 3.85. The van der Waals surface area contributed by atoms with E-state index in [1.54, 1.807) is 10.4 Å². The first-order valence-electron chi connectivity index (χ1n) is 6.68. The highest BCUT2D eigenvalue weighted by Gasteiger charge is 2.18. The van der Waals surface area contributed by atoms with Crippen molar-refractivity contribution in [2.75, 3.05) is 0 Å². The van der Waals surface area contributed by atoms with Crippen LogP contribution in [0.15, 0.2) is 30.3 Å². The Bertz CT molecular complexity index is 532. The van der Waals surface area contributed by atoms with Gasteiger partial charge in [0.05, 0.1) is 6.04 Å². The van der Waals surface area contributed by atoms with Crippen molar-refractivity contribution in [3.8, 4) is 0 Å². The molecule has 0 amide bonds. The number of hydrogen-bond acceptors (Lipinski definition) is 2. The SMILES string of the molecule is Cc1ccccc1C(N)c1cc2c(s1)CCCC2. The van der Waals surface area contributed by atoms with Crippen molar-refractivity contribution < 1.29 is 0 Å². The van der Waals surface area contributed by atoms with Crippen molar-refractivity contribution in [3.63, 3.8) is 0 Å². The van der Waals surface area contributed by atoms with E-state index < -0.39 is 0 Å². The van der Waals surface area contributed by atoms with Gasteiger partial charge in [0.1, 0.15) is 0 Å². The predicted molar refractivity (Wildman–Crippen MR) is 78.2 cm³/mol. The molecule has 0 radical (unpaired) electrons. The molecule has 1 aliphatic carbocycles. The fourth-order valence-corrected chi connectivity index (χ4v) is 4.03. The minimum absolute atomic E-state index is 0.0433. The average molecular weight is 257 g/mol. The van der Waals surface area contributed by atoms with Crippen LogP contribution in [-0.2, 0) is 12.8 Å². The van der Waals surface area contributed by atoms with Gasteiger partial charge in [-0.25, -0.2) is 0 Å². The molecule has 1 aromatic heterocycles. The largest absolute Gasteiger partial charge is 0.320 e. The molecule has 1 nitrogen and oxygen atoms in total. The molecule has 2 N–H and O–H groups in total. The maximum atomic E-state index is 6.44. The lowest BCUT2D eigenvalue weighted by Gasteiger charge is -2.12. The number of hydrogen-bond donors (Lipinski definition) is 1. The molecule has 0 fully saturated rings. The van der Waals surface area contributed by atoms with Crippen LogP contribution in [-0.4, -0.2) is 0 Å². The maximum absolute atomic E-state index is 6.44. The van der Waals surface area contributed by atoms with E-state index in [-0.39, 0.29) is 6.04 Å². The van der Waals surface area contributed by atoms with E-state index in [0.29, 0.717) is 0 Å². The molecule has 2 heteroatoms. The van der Waals surface area contributed by atoms with E-state index >= 15 is 0 Å². The van der Waals surface area contributed by atoms with Gasteiger partial charge in [0.2, 0.25) is 0 Å². The molecule has 1 aromatic carbocycles. The average Bonchev–Trinajstić information content (AvgIpc) is 2.82. The molecule has 3 rings (SSSR count). The molecule has 18 heavy (non-hydrogen) atoms. The first-order valence-corrected chi connectivity index (χ1v) is 7.50. The van der Waals surface area contributed by atoms with Gasteiger partial charge in [0, 0.05) is 9.75 Å². The van der Waals surface area contributed by atoms with Gasteiger partial charge in [0.25, 0.3) is 0 Å². The van der Waals surface area contributed by atoms with Gasteiger partial charge in [-0.1, -0.05) is 24.3 Å². The normalized spacial score (nSPS) is 16.3. The zero-order chi connectivity index (χ0) is 12.5. The van der Waals surface area contributed by atoms with Crippen LogP contribution in [0.4, 0.5) is 0 Å². The lowest BCUT2D eigenvalue weighted by molar-refractivity contribution is 0.696. The summed E-state index contributed by atoms with van der Waals surface area (Å²) in [6, 6.07) is 10.8. The third kappa shape index (κ3) is 2.11. The third-order valence-corrected chi connectivity index (χ3v) is 5.17. The highest BCUT2D eigenvalue weighted by Crippen LogP contribution is 2.34. The van der Waals surface area contributed by atoms with E-state index in [4.69, 9.17) is 5.73 Å². The van der Waals surface area contributed by atoms with Crippen LogP contribution in [0.5, 0.6) is 0 Å². The molecular formula is C16H19NS. The molecular weight excluding hydrogens is 238 g/mol. The Morgan fingerprint density at radius 1 is 1.17 bits per heavy atom. The quantitative estimate of drug-likeness (QED) is 0.865. The second kappa shape index (κ2) is 4.87. The number of nitrogens with two attached hydrogens (primary N) is 1. The van der Waals surface area contributed by atoms with Crippen molar-refractivity contribution >= 4 is 11.3 Å². The summed E-state index contributed by atoms with van der Waals surface area (Å²) in [5.74, 6) is 0. The standard InChI is InChI=1S/C16H19NS/c1-11-6-2-4-8-13(11)16(17)15-10-12-7-3-5-9-14(12)18-15/h2,4,6,8,10,16H,3,5,7,9,17H2,1H3. The van der Waals surface area contributed by atoms with E-state index in [1.807, 2.05) is 11.3 Å². The van der Waals surface area contributed by atoms with Crippen LogP contribution in [0, 0.1) is 6.92 Å². The highest BCUT2D eigenvalue weighted by molar-refractivity contribution is 7.12. The molecule has 0 saturated heterocycles. The Labute approximate surface area is 113 Å². The number of rotatable bonds is 2. The summed E-state index contributed by atoms with van der Waals surface area (Å²) in [4.78, 5) is 2.90. The second-order valence-corrected chi connectivity index (χ2v) is 6.31. The van der Waals surface area contributed by atoms with Gasteiger partial charge in [-0.15, -0.1) is 11.3 Å². The summed E-state index contributed by atoms with van der Waals surface area (Å²) in [5.41, 5.74) is 10.5.